The van der Waals surface area contributed by atoms with Gasteiger partial charge in [0.1, 0.15) is 5.75 Å². The molecule has 0 aliphatic heterocycles. The number of nitrogens with one attached hydrogen (secondary N) is 2. The summed E-state index contributed by atoms with van der Waals surface area (Å²) in [6.45, 7) is 0. The van der Waals surface area contributed by atoms with Gasteiger partial charge in [-0.15, -0.1) is 10.2 Å². The summed E-state index contributed by atoms with van der Waals surface area (Å²) >= 11 is 8.40. The fourth-order valence-electron chi connectivity index (χ4n) is 2.35. The van der Waals surface area contributed by atoms with Crippen LogP contribution in [0.2, 0.25) is 5.02 Å². The van der Waals surface area contributed by atoms with Crippen molar-refractivity contribution in [1.29, 1.82) is 0 Å². The topological polar surface area (TPSA) is 93.2 Å². The second-order valence-electron chi connectivity index (χ2n) is 5.77. The highest BCUT2D eigenvalue weighted by atomic mass is 35.5. The lowest BCUT2D eigenvalue weighted by molar-refractivity contribution is -0.115. The van der Waals surface area contributed by atoms with Gasteiger partial charge < -0.3 is 15.4 Å². The Morgan fingerprint density at radius 1 is 1.10 bits per heavy atom. The summed E-state index contributed by atoms with van der Waals surface area (Å²) in [4.78, 5) is 24.3. The second kappa shape index (κ2) is 10.2. The minimum Gasteiger partial charge on any atom is -0.495 e. The standard InChI is InChI=1S/C19H17ClN4O3S2/c1-27-15-8-7-13(20)10-14(15)21-17(26)11-28-19-24-23-18(29-19)22-16(25)9-12-5-3-2-4-6-12/h2-8,10H,9,11H2,1H3,(H,21,26)(H,22,23,25). The van der Waals surface area contributed by atoms with Gasteiger partial charge in [0.2, 0.25) is 16.9 Å². The second-order valence-corrected chi connectivity index (χ2v) is 8.40. The summed E-state index contributed by atoms with van der Waals surface area (Å²) in [5.41, 5.74) is 1.41. The first-order chi connectivity index (χ1) is 14.0. The number of benzene rings is 2. The Balaban J connectivity index is 1.49. The Kier molecular flexibility index (Phi) is 7.45. The van der Waals surface area contributed by atoms with Crippen molar-refractivity contribution in [2.75, 3.05) is 23.5 Å². The van der Waals surface area contributed by atoms with Gasteiger partial charge in [-0.05, 0) is 23.8 Å². The van der Waals surface area contributed by atoms with E-state index < -0.39 is 0 Å². The van der Waals surface area contributed by atoms with Crippen molar-refractivity contribution in [3.05, 3.63) is 59.1 Å². The van der Waals surface area contributed by atoms with E-state index >= 15 is 0 Å². The predicted octanol–water partition coefficient (Wildman–Crippen LogP) is 4.11. The highest BCUT2D eigenvalue weighted by Crippen LogP contribution is 2.29. The van der Waals surface area contributed by atoms with Crippen molar-refractivity contribution < 1.29 is 14.3 Å². The van der Waals surface area contributed by atoms with E-state index in [9.17, 15) is 9.59 Å². The van der Waals surface area contributed by atoms with E-state index in [0.29, 0.717) is 25.9 Å². The Labute approximate surface area is 180 Å². The summed E-state index contributed by atoms with van der Waals surface area (Å²) < 4.78 is 5.78. The van der Waals surface area contributed by atoms with Crippen LogP contribution in [-0.2, 0) is 16.0 Å². The Bertz CT molecular complexity index is 998. The lowest BCUT2D eigenvalue weighted by atomic mass is 10.1. The number of halogens is 1. The van der Waals surface area contributed by atoms with Crippen LogP contribution in [0.25, 0.3) is 0 Å². The van der Waals surface area contributed by atoms with E-state index in [0.717, 1.165) is 5.56 Å². The Morgan fingerprint density at radius 2 is 1.90 bits per heavy atom. The molecule has 2 aromatic carbocycles. The van der Waals surface area contributed by atoms with Gasteiger partial charge in [-0.2, -0.15) is 0 Å². The van der Waals surface area contributed by atoms with E-state index in [4.69, 9.17) is 16.3 Å². The third kappa shape index (κ3) is 6.45. The molecule has 0 aliphatic carbocycles. The van der Waals surface area contributed by atoms with Crippen LogP contribution in [0.15, 0.2) is 52.9 Å². The molecule has 0 saturated heterocycles. The summed E-state index contributed by atoms with van der Waals surface area (Å²) in [5, 5.41) is 14.3. The smallest absolute Gasteiger partial charge is 0.234 e. The minimum absolute atomic E-state index is 0.127. The van der Waals surface area contributed by atoms with Crippen molar-refractivity contribution in [1.82, 2.24) is 10.2 Å². The predicted molar refractivity (Wildman–Crippen MR) is 116 cm³/mol. The maximum atomic E-state index is 12.2. The number of nitrogens with zero attached hydrogens (tertiary/aromatic N) is 2. The third-order valence-electron chi connectivity index (χ3n) is 3.62. The van der Waals surface area contributed by atoms with Gasteiger partial charge in [0, 0.05) is 5.02 Å². The molecule has 0 aliphatic rings. The molecule has 1 aromatic heterocycles. The fraction of sp³-hybridized carbons (Fsp3) is 0.158. The zero-order valence-corrected chi connectivity index (χ0v) is 17.7. The van der Waals surface area contributed by atoms with Crippen LogP contribution in [0.5, 0.6) is 5.75 Å². The number of carbonyl (C=O) groups is 2. The molecule has 0 radical (unpaired) electrons. The molecule has 0 atom stereocenters. The first kappa shape index (κ1) is 21.1. The van der Waals surface area contributed by atoms with Crippen LogP contribution in [-0.4, -0.2) is 34.9 Å². The molecule has 1 heterocycles. The molecule has 0 spiro atoms. The lowest BCUT2D eigenvalue weighted by Gasteiger charge is -2.09. The van der Waals surface area contributed by atoms with Gasteiger partial charge in [0.05, 0.1) is 25.0 Å². The van der Waals surface area contributed by atoms with Crippen LogP contribution in [0.1, 0.15) is 5.56 Å². The molecule has 3 aromatic rings. The zero-order chi connectivity index (χ0) is 20.6. The number of carbonyl (C=O) groups excluding carboxylic acids is 2. The molecular formula is C19H17ClN4O3S2. The largest absolute Gasteiger partial charge is 0.495 e. The molecule has 0 saturated carbocycles. The number of hydrogen-bond acceptors (Lipinski definition) is 7. The van der Waals surface area contributed by atoms with Gasteiger partial charge >= 0.3 is 0 Å². The zero-order valence-electron chi connectivity index (χ0n) is 15.3. The highest BCUT2D eigenvalue weighted by Gasteiger charge is 2.13. The number of hydrogen-bond donors (Lipinski definition) is 2. The van der Waals surface area contributed by atoms with E-state index in [1.807, 2.05) is 30.3 Å². The number of thioether (sulfide) groups is 1. The Hall–Kier alpha value is -2.62. The molecule has 2 N–H and O–H groups in total. The molecule has 10 heteroatoms. The molecule has 2 amide bonds. The SMILES string of the molecule is COc1ccc(Cl)cc1NC(=O)CSc1nnc(NC(=O)Cc2ccccc2)s1. The van der Waals surface area contributed by atoms with Crippen molar-refractivity contribution in [3.8, 4) is 5.75 Å². The molecule has 150 valence electrons. The average molecular weight is 449 g/mol. The number of ether oxygens (including phenoxy) is 1. The lowest BCUT2D eigenvalue weighted by Crippen LogP contribution is -2.14. The summed E-state index contributed by atoms with van der Waals surface area (Å²) in [5.74, 6) is 0.240. The molecule has 7 nitrogen and oxygen atoms in total. The Morgan fingerprint density at radius 3 is 2.66 bits per heavy atom. The average Bonchev–Trinajstić information content (AvgIpc) is 3.14. The van der Waals surface area contributed by atoms with Gasteiger partial charge in [-0.1, -0.05) is 65.0 Å². The number of aromatic nitrogens is 2. The van der Waals surface area contributed by atoms with Crippen molar-refractivity contribution in [2.45, 2.75) is 10.8 Å². The number of anilines is 2. The van der Waals surface area contributed by atoms with E-state index in [1.165, 1.54) is 30.2 Å². The number of rotatable bonds is 8. The molecule has 0 fully saturated rings. The van der Waals surface area contributed by atoms with Crippen molar-refractivity contribution in [3.63, 3.8) is 0 Å². The van der Waals surface area contributed by atoms with Crippen LogP contribution < -0.4 is 15.4 Å². The van der Waals surface area contributed by atoms with E-state index in [2.05, 4.69) is 20.8 Å². The summed E-state index contributed by atoms with van der Waals surface area (Å²) in [6.07, 6.45) is 0.257. The van der Waals surface area contributed by atoms with E-state index in [1.54, 1.807) is 18.2 Å². The van der Waals surface area contributed by atoms with Crippen LogP contribution in [0.3, 0.4) is 0 Å². The molecule has 29 heavy (non-hydrogen) atoms. The molecule has 0 unspecified atom stereocenters. The molecule has 0 bridgehead atoms. The van der Waals surface area contributed by atoms with Gasteiger partial charge in [-0.25, -0.2) is 0 Å². The van der Waals surface area contributed by atoms with Crippen molar-refractivity contribution in [2.24, 2.45) is 0 Å². The minimum atomic E-state index is -0.236. The van der Waals surface area contributed by atoms with Crippen LogP contribution in [0, 0.1) is 0 Å². The quantitative estimate of drug-likeness (QED) is 0.398. The van der Waals surface area contributed by atoms with E-state index in [-0.39, 0.29) is 24.0 Å². The summed E-state index contributed by atoms with van der Waals surface area (Å²) in [7, 11) is 1.52. The van der Waals surface area contributed by atoms with Crippen LogP contribution in [0.4, 0.5) is 10.8 Å². The first-order valence-electron chi connectivity index (χ1n) is 8.47. The first-order valence-corrected chi connectivity index (χ1v) is 10.6. The monoisotopic (exact) mass is 448 g/mol. The molecule has 3 rings (SSSR count). The van der Waals surface area contributed by atoms with Gasteiger partial charge in [0.25, 0.3) is 0 Å². The number of amides is 2. The normalized spacial score (nSPS) is 10.4. The molecular weight excluding hydrogens is 432 g/mol. The van der Waals surface area contributed by atoms with Gasteiger partial charge in [0.15, 0.2) is 4.34 Å². The van der Waals surface area contributed by atoms with Gasteiger partial charge in [-0.3, -0.25) is 9.59 Å². The highest BCUT2D eigenvalue weighted by molar-refractivity contribution is 8.01. The summed E-state index contributed by atoms with van der Waals surface area (Å²) in [6, 6.07) is 14.4. The van der Waals surface area contributed by atoms with Crippen LogP contribution >= 0.6 is 34.7 Å². The number of methoxy groups -OCH3 is 1. The van der Waals surface area contributed by atoms with Crippen molar-refractivity contribution >= 4 is 57.3 Å². The maximum Gasteiger partial charge on any atom is 0.234 e. The fourth-order valence-corrected chi connectivity index (χ4v) is 4.10. The maximum absolute atomic E-state index is 12.2. The third-order valence-corrected chi connectivity index (χ3v) is 5.83.